The summed E-state index contributed by atoms with van der Waals surface area (Å²) in [7, 11) is 1.65. The summed E-state index contributed by atoms with van der Waals surface area (Å²) in [4.78, 5) is 22.0. The molecule has 0 unspecified atom stereocenters. The fraction of sp³-hybridized carbons (Fsp3) is 0.615. The fourth-order valence-corrected chi connectivity index (χ4v) is 1.87. The molecule has 1 aliphatic rings. The Kier molecular flexibility index (Phi) is 4.12. The third-order valence-corrected chi connectivity index (χ3v) is 3.22. The lowest BCUT2D eigenvalue weighted by atomic mass is 10.2. The van der Waals surface area contributed by atoms with E-state index in [2.05, 4.69) is 15.3 Å². The average Bonchev–Trinajstić information content (AvgIpc) is 3.24. The van der Waals surface area contributed by atoms with Crippen molar-refractivity contribution in [2.75, 3.05) is 20.1 Å². The van der Waals surface area contributed by atoms with E-state index in [1.165, 1.54) is 12.8 Å². The molecule has 1 saturated carbocycles. The predicted molar refractivity (Wildman–Crippen MR) is 69.4 cm³/mol. The number of urea groups is 1. The SMILES string of the molecule is CCN(CCc1cnc(C2CC2)nc1)C(=O)NC. The first-order chi connectivity index (χ1) is 8.74. The normalized spacial score (nSPS) is 14.3. The van der Waals surface area contributed by atoms with E-state index in [0.717, 1.165) is 17.8 Å². The van der Waals surface area contributed by atoms with E-state index in [9.17, 15) is 4.79 Å². The van der Waals surface area contributed by atoms with E-state index in [1.807, 2.05) is 19.3 Å². The van der Waals surface area contributed by atoms with Gasteiger partial charge in [0, 0.05) is 38.4 Å². The first-order valence-corrected chi connectivity index (χ1v) is 6.52. The molecule has 5 nitrogen and oxygen atoms in total. The van der Waals surface area contributed by atoms with Gasteiger partial charge in [-0.3, -0.25) is 0 Å². The highest BCUT2D eigenvalue weighted by Gasteiger charge is 2.26. The minimum Gasteiger partial charge on any atom is -0.341 e. The van der Waals surface area contributed by atoms with E-state index in [-0.39, 0.29) is 6.03 Å². The number of carbonyl (C=O) groups is 1. The quantitative estimate of drug-likeness (QED) is 0.860. The van der Waals surface area contributed by atoms with Crippen LogP contribution in [0, 0.1) is 0 Å². The van der Waals surface area contributed by atoms with E-state index >= 15 is 0 Å². The van der Waals surface area contributed by atoms with E-state index in [4.69, 9.17) is 0 Å². The molecule has 18 heavy (non-hydrogen) atoms. The summed E-state index contributed by atoms with van der Waals surface area (Å²) >= 11 is 0. The second kappa shape index (κ2) is 5.80. The maximum atomic E-state index is 11.5. The third kappa shape index (κ3) is 3.18. The number of nitrogens with one attached hydrogen (secondary N) is 1. The van der Waals surface area contributed by atoms with Crippen LogP contribution in [0.3, 0.4) is 0 Å². The molecule has 0 radical (unpaired) electrons. The fourth-order valence-electron chi connectivity index (χ4n) is 1.87. The molecular weight excluding hydrogens is 228 g/mol. The Hall–Kier alpha value is -1.65. The topological polar surface area (TPSA) is 58.1 Å². The van der Waals surface area contributed by atoms with Crippen molar-refractivity contribution in [2.24, 2.45) is 0 Å². The largest absolute Gasteiger partial charge is 0.341 e. The van der Waals surface area contributed by atoms with Gasteiger partial charge in [-0.25, -0.2) is 14.8 Å². The Morgan fingerprint density at radius 3 is 2.61 bits per heavy atom. The summed E-state index contributed by atoms with van der Waals surface area (Å²) in [6, 6.07) is -0.0342. The first-order valence-electron chi connectivity index (χ1n) is 6.52. The lowest BCUT2D eigenvalue weighted by Gasteiger charge is -2.19. The molecule has 1 aromatic rings. The molecule has 0 spiro atoms. The number of rotatable bonds is 5. The van der Waals surface area contributed by atoms with Gasteiger partial charge in [-0.1, -0.05) is 0 Å². The number of hydrogen-bond acceptors (Lipinski definition) is 3. The number of aromatic nitrogens is 2. The summed E-state index contributed by atoms with van der Waals surface area (Å²) < 4.78 is 0. The van der Waals surface area contributed by atoms with Crippen LogP contribution >= 0.6 is 0 Å². The molecule has 1 aliphatic carbocycles. The van der Waals surface area contributed by atoms with Crippen LogP contribution in [-0.2, 0) is 6.42 Å². The standard InChI is InChI=1S/C13H20N4O/c1-3-17(13(18)14-2)7-6-10-8-15-12(16-9-10)11-4-5-11/h8-9,11H,3-7H2,1-2H3,(H,14,18). The Morgan fingerprint density at radius 2 is 2.11 bits per heavy atom. The minimum absolute atomic E-state index is 0.0342. The molecule has 0 atom stereocenters. The van der Waals surface area contributed by atoms with Gasteiger partial charge in [0.05, 0.1) is 0 Å². The average molecular weight is 248 g/mol. The predicted octanol–water partition coefficient (Wildman–Crippen LogP) is 1.56. The van der Waals surface area contributed by atoms with Crippen LogP contribution in [0.2, 0.25) is 0 Å². The van der Waals surface area contributed by atoms with Crippen molar-refractivity contribution < 1.29 is 4.79 Å². The summed E-state index contributed by atoms with van der Waals surface area (Å²) in [5.74, 6) is 1.56. The van der Waals surface area contributed by atoms with Gasteiger partial charge in [-0.05, 0) is 31.7 Å². The summed E-state index contributed by atoms with van der Waals surface area (Å²) in [6.45, 7) is 3.38. The van der Waals surface area contributed by atoms with Gasteiger partial charge >= 0.3 is 6.03 Å². The minimum atomic E-state index is -0.0342. The summed E-state index contributed by atoms with van der Waals surface area (Å²) in [6.07, 6.45) is 7.02. The lowest BCUT2D eigenvalue weighted by molar-refractivity contribution is 0.203. The second-order valence-corrected chi connectivity index (χ2v) is 4.61. The second-order valence-electron chi connectivity index (χ2n) is 4.61. The number of likely N-dealkylation sites (N-methyl/N-ethyl adjacent to an activating group) is 1. The number of nitrogens with zero attached hydrogens (tertiary/aromatic N) is 3. The van der Waals surface area contributed by atoms with Crippen LogP contribution in [0.5, 0.6) is 0 Å². The number of hydrogen-bond donors (Lipinski definition) is 1. The molecule has 5 heteroatoms. The third-order valence-electron chi connectivity index (χ3n) is 3.22. The zero-order valence-electron chi connectivity index (χ0n) is 11.0. The van der Waals surface area contributed by atoms with Gasteiger partial charge in [0.15, 0.2) is 0 Å². The molecule has 1 aromatic heterocycles. The molecule has 1 N–H and O–H groups in total. The summed E-state index contributed by atoms with van der Waals surface area (Å²) in [5, 5.41) is 2.64. The Bertz CT molecular complexity index is 400. The highest BCUT2D eigenvalue weighted by molar-refractivity contribution is 5.73. The molecule has 0 bridgehead atoms. The van der Waals surface area contributed by atoms with Gasteiger partial charge in [-0.15, -0.1) is 0 Å². The van der Waals surface area contributed by atoms with Crippen molar-refractivity contribution in [3.05, 3.63) is 23.8 Å². The summed E-state index contributed by atoms with van der Waals surface area (Å²) in [5.41, 5.74) is 1.08. The molecule has 2 rings (SSSR count). The molecule has 2 amide bonds. The molecular formula is C13H20N4O. The molecule has 1 fully saturated rings. The molecule has 0 saturated heterocycles. The Labute approximate surface area is 108 Å². The molecule has 1 heterocycles. The van der Waals surface area contributed by atoms with Crippen LogP contribution in [0.25, 0.3) is 0 Å². The van der Waals surface area contributed by atoms with Crippen molar-refractivity contribution in [1.82, 2.24) is 20.2 Å². The van der Waals surface area contributed by atoms with E-state index in [1.54, 1.807) is 11.9 Å². The van der Waals surface area contributed by atoms with Crippen LogP contribution in [0.15, 0.2) is 12.4 Å². The van der Waals surface area contributed by atoms with E-state index in [0.29, 0.717) is 19.0 Å². The van der Waals surface area contributed by atoms with Gasteiger partial charge in [0.1, 0.15) is 5.82 Å². The first kappa shape index (κ1) is 12.8. The van der Waals surface area contributed by atoms with Crippen LogP contribution in [0.4, 0.5) is 4.79 Å². The zero-order chi connectivity index (χ0) is 13.0. The van der Waals surface area contributed by atoms with Gasteiger partial charge in [0.25, 0.3) is 0 Å². The maximum absolute atomic E-state index is 11.5. The van der Waals surface area contributed by atoms with E-state index < -0.39 is 0 Å². The van der Waals surface area contributed by atoms with Gasteiger partial charge < -0.3 is 10.2 Å². The van der Waals surface area contributed by atoms with Crippen molar-refractivity contribution in [2.45, 2.75) is 32.1 Å². The number of carbonyl (C=O) groups excluding carboxylic acids is 1. The smallest absolute Gasteiger partial charge is 0.317 e. The van der Waals surface area contributed by atoms with Crippen LogP contribution in [-0.4, -0.2) is 41.0 Å². The van der Waals surface area contributed by atoms with Crippen molar-refractivity contribution in [3.63, 3.8) is 0 Å². The molecule has 98 valence electrons. The Morgan fingerprint density at radius 1 is 1.44 bits per heavy atom. The Balaban J connectivity index is 1.86. The number of amides is 2. The van der Waals surface area contributed by atoms with Crippen molar-refractivity contribution in [1.29, 1.82) is 0 Å². The highest BCUT2D eigenvalue weighted by atomic mass is 16.2. The van der Waals surface area contributed by atoms with Crippen LogP contribution in [0.1, 0.15) is 37.1 Å². The monoisotopic (exact) mass is 248 g/mol. The lowest BCUT2D eigenvalue weighted by Crippen LogP contribution is -2.39. The van der Waals surface area contributed by atoms with Gasteiger partial charge in [-0.2, -0.15) is 0 Å². The van der Waals surface area contributed by atoms with Crippen LogP contribution < -0.4 is 5.32 Å². The van der Waals surface area contributed by atoms with Crippen molar-refractivity contribution in [3.8, 4) is 0 Å². The molecule has 0 aliphatic heterocycles. The maximum Gasteiger partial charge on any atom is 0.317 e. The highest BCUT2D eigenvalue weighted by Crippen LogP contribution is 2.37. The zero-order valence-corrected chi connectivity index (χ0v) is 11.0. The van der Waals surface area contributed by atoms with Gasteiger partial charge in [0.2, 0.25) is 0 Å². The molecule has 0 aromatic carbocycles. The van der Waals surface area contributed by atoms with Crippen molar-refractivity contribution >= 4 is 6.03 Å².